The van der Waals surface area contributed by atoms with Gasteiger partial charge in [0.2, 0.25) is 0 Å². The fourth-order valence-electron chi connectivity index (χ4n) is 1.52. The Morgan fingerprint density at radius 2 is 2.36 bits per heavy atom. The molecule has 0 aliphatic carbocycles. The summed E-state index contributed by atoms with van der Waals surface area (Å²) < 4.78 is 2.18. The topological polar surface area (TPSA) is 17.3 Å². The molecule has 0 atom stereocenters. The lowest BCUT2D eigenvalue weighted by atomic mass is 10.3. The highest BCUT2D eigenvalue weighted by Crippen LogP contribution is 2.15. The molecule has 14 heavy (non-hydrogen) atoms. The first-order chi connectivity index (χ1) is 6.83. The van der Waals surface area contributed by atoms with Gasteiger partial charge in [-0.25, -0.2) is 4.98 Å². The van der Waals surface area contributed by atoms with Crippen LogP contribution in [0.3, 0.4) is 0 Å². The van der Waals surface area contributed by atoms with Crippen LogP contribution in [0.25, 0.3) is 5.65 Å². The van der Waals surface area contributed by atoms with Gasteiger partial charge in [-0.05, 0) is 24.3 Å². The summed E-state index contributed by atoms with van der Waals surface area (Å²) in [6, 6.07) is 4.17. The summed E-state index contributed by atoms with van der Waals surface area (Å²) in [6.07, 6.45) is 4.06. The molecule has 0 N–H and O–H groups in total. The molecule has 2 aromatic heterocycles. The Morgan fingerprint density at radius 3 is 3.14 bits per heavy atom. The highest BCUT2D eigenvalue weighted by Gasteiger charge is 2.03. The summed E-state index contributed by atoms with van der Waals surface area (Å²) in [5, 5.41) is 0. The first-order valence-electron chi connectivity index (χ1n) is 4.82. The molecule has 0 unspecified atom stereocenters. The van der Waals surface area contributed by atoms with Crippen molar-refractivity contribution in [1.29, 1.82) is 0 Å². The molecule has 2 rings (SSSR count). The standard InChI is InChI=1S/C11H14N2S/c1-3-14-8-10-7-12-11-9(2)5-4-6-13(10)11/h4-7H,3,8H2,1-2H3. The molecule has 0 bridgehead atoms. The number of hydrogen-bond donors (Lipinski definition) is 0. The number of pyridine rings is 1. The van der Waals surface area contributed by atoms with Crippen LogP contribution in [0.15, 0.2) is 24.5 Å². The van der Waals surface area contributed by atoms with Gasteiger partial charge in [0.1, 0.15) is 5.65 Å². The van der Waals surface area contributed by atoms with Crippen LogP contribution in [0, 0.1) is 6.92 Å². The second-order valence-electron chi connectivity index (χ2n) is 3.27. The zero-order chi connectivity index (χ0) is 9.97. The average molecular weight is 206 g/mol. The maximum Gasteiger partial charge on any atom is 0.139 e. The van der Waals surface area contributed by atoms with E-state index in [0.29, 0.717) is 0 Å². The van der Waals surface area contributed by atoms with E-state index < -0.39 is 0 Å². The maximum absolute atomic E-state index is 4.42. The molecule has 0 radical (unpaired) electrons. The molecule has 0 spiro atoms. The first kappa shape index (κ1) is 9.59. The van der Waals surface area contributed by atoms with Crippen molar-refractivity contribution in [2.24, 2.45) is 0 Å². The van der Waals surface area contributed by atoms with E-state index in [9.17, 15) is 0 Å². The predicted octanol–water partition coefficient (Wildman–Crippen LogP) is 2.90. The lowest BCUT2D eigenvalue weighted by Gasteiger charge is -2.01. The lowest BCUT2D eigenvalue weighted by molar-refractivity contribution is 1.08. The molecular formula is C11H14N2S. The predicted molar refractivity (Wildman–Crippen MR) is 61.8 cm³/mol. The van der Waals surface area contributed by atoms with E-state index in [2.05, 4.69) is 41.6 Å². The molecule has 0 fully saturated rings. The Morgan fingerprint density at radius 1 is 1.50 bits per heavy atom. The van der Waals surface area contributed by atoms with Crippen molar-refractivity contribution in [3.63, 3.8) is 0 Å². The van der Waals surface area contributed by atoms with Crippen LogP contribution in [-0.4, -0.2) is 15.1 Å². The van der Waals surface area contributed by atoms with Gasteiger partial charge >= 0.3 is 0 Å². The first-order valence-corrected chi connectivity index (χ1v) is 5.97. The third-order valence-corrected chi connectivity index (χ3v) is 3.17. The van der Waals surface area contributed by atoms with Crippen LogP contribution in [0.2, 0.25) is 0 Å². The Balaban J connectivity index is 2.42. The van der Waals surface area contributed by atoms with Gasteiger partial charge in [-0.3, -0.25) is 0 Å². The van der Waals surface area contributed by atoms with Crippen LogP contribution in [0.1, 0.15) is 18.2 Å². The van der Waals surface area contributed by atoms with Gasteiger partial charge in [-0.2, -0.15) is 11.8 Å². The molecule has 0 aliphatic heterocycles. The van der Waals surface area contributed by atoms with Crippen LogP contribution < -0.4 is 0 Å². The van der Waals surface area contributed by atoms with E-state index in [-0.39, 0.29) is 0 Å². The molecule has 74 valence electrons. The van der Waals surface area contributed by atoms with Crippen LogP contribution in [0.4, 0.5) is 0 Å². The molecule has 0 aliphatic rings. The van der Waals surface area contributed by atoms with Crippen LogP contribution in [-0.2, 0) is 5.75 Å². The van der Waals surface area contributed by atoms with Gasteiger partial charge in [0, 0.05) is 11.9 Å². The number of fused-ring (bicyclic) bond motifs is 1. The zero-order valence-electron chi connectivity index (χ0n) is 8.53. The zero-order valence-corrected chi connectivity index (χ0v) is 9.34. The fraction of sp³-hybridized carbons (Fsp3) is 0.364. The van der Waals surface area contributed by atoms with Gasteiger partial charge in [0.25, 0.3) is 0 Å². The molecule has 2 nitrogen and oxygen atoms in total. The summed E-state index contributed by atoms with van der Waals surface area (Å²) in [5.41, 5.74) is 3.61. The Bertz CT molecular complexity index is 434. The lowest BCUT2D eigenvalue weighted by Crippen LogP contribution is -1.91. The van der Waals surface area contributed by atoms with Crippen molar-refractivity contribution >= 4 is 17.4 Å². The van der Waals surface area contributed by atoms with Gasteiger partial charge in [0.15, 0.2) is 0 Å². The highest BCUT2D eigenvalue weighted by atomic mass is 32.2. The van der Waals surface area contributed by atoms with E-state index >= 15 is 0 Å². The van der Waals surface area contributed by atoms with Crippen molar-refractivity contribution in [1.82, 2.24) is 9.38 Å². The van der Waals surface area contributed by atoms with E-state index in [1.807, 2.05) is 18.0 Å². The fourth-order valence-corrected chi connectivity index (χ4v) is 2.14. The Kier molecular flexibility index (Phi) is 2.77. The second-order valence-corrected chi connectivity index (χ2v) is 4.55. The largest absolute Gasteiger partial charge is 0.303 e. The minimum absolute atomic E-state index is 1.04. The number of nitrogens with zero attached hydrogens (tertiary/aromatic N) is 2. The maximum atomic E-state index is 4.42. The molecule has 2 aromatic rings. The minimum Gasteiger partial charge on any atom is -0.303 e. The summed E-state index contributed by atoms with van der Waals surface area (Å²) in [6.45, 7) is 4.28. The SMILES string of the molecule is CCSCc1cnc2c(C)cccn12. The molecular weight excluding hydrogens is 192 g/mol. The third kappa shape index (κ3) is 1.64. The summed E-state index contributed by atoms with van der Waals surface area (Å²) >= 11 is 1.93. The number of thioether (sulfide) groups is 1. The van der Waals surface area contributed by atoms with Crippen molar-refractivity contribution in [2.45, 2.75) is 19.6 Å². The second kappa shape index (κ2) is 4.05. The summed E-state index contributed by atoms with van der Waals surface area (Å²) in [5.74, 6) is 2.19. The molecule has 0 amide bonds. The van der Waals surface area contributed by atoms with E-state index in [1.165, 1.54) is 11.3 Å². The van der Waals surface area contributed by atoms with Gasteiger partial charge in [-0.1, -0.05) is 13.0 Å². The monoisotopic (exact) mass is 206 g/mol. The van der Waals surface area contributed by atoms with Crippen molar-refractivity contribution in [3.8, 4) is 0 Å². The molecule has 2 heterocycles. The third-order valence-electron chi connectivity index (χ3n) is 2.26. The van der Waals surface area contributed by atoms with Crippen LogP contribution >= 0.6 is 11.8 Å². The number of aryl methyl sites for hydroxylation is 1. The quantitative estimate of drug-likeness (QED) is 0.768. The highest BCUT2D eigenvalue weighted by molar-refractivity contribution is 7.98. The molecule has 3 heteroatoms. The Labute approximate surface area is 88.4 Å². The van der Waals surface area contributed by atoms with Crippen molar-refractivity contribution in [2.75, 3.05) is 5.75 Å². The minimum atomic E-state index is 1.04. The molecule has 0 aromatic carbocycles. The molecule has 0 saturated heterocycles. The van der Waals surface area contributed by atoms with Crippen LogP contribution in [0.5, 0.6) is 0 Å². The Hall–Kier alpha value is -0.960. The van der Waals surface area contributed by atoms with Crippen molar-refractivity contribution in [3.05, 3.63) is 35.8 Å². The van der Waals surface area contributed by atoms with Crippen molar-refractivity contribution < 1.29 is 0 Å². The van der Waals surface area contributed by atoms with Gasteiger partial charge < -0.3 is 4.40 Å². The van der Waals surface area contributed by atoms with Gasteiger partial charge in [0.05, 0.1) is 11.9 Å². The number of hydrogen-bond acceptors (Lipinski definition) is 2. The number of imidazole rings is 1. The summed E-state index contributed by atoms with van der Waals surface area (Å²) in [7, 11) is 0. The number of rotatable bonds is 3. The average Bonchev–Trinajstić information content (AvgIpc) is 2.60. The normalized spacial score (nSPS) is 11.0. The smallest absolute Gasteiger partial charge is 0.139 e. The van der Waals surface area contributed by atoms with E-state index in [1.54, 1.807) is 0 Å². The van der Waals surface area contributed by atoms with E-state index in [0.717, 1.165) is 17.2 Å². The molecule has 0 saturated carbocycles. The summed E-state index contributed by atoms with van der Waals surface area (Å²) in [4.78, 5) is 4.42. The van der Waals surface area contributed by atoms with Gasteiger partial charge in [-0.15, -0.1) is 0 Å². The number of aromatic nitrogens is 2. The van der Waals surface area contributed by atoms with E-state index in [4.69, 9.17) is 0 Å².